The van der Waals surface area contributed by atoms with Gasteiger partial charge in [-0.15, -0.1) is 0 Å². The smallest absolute Gasteiger partial charge is 0.325 e. The fraction of sp³-hybridized carbons (Fsp3) is 0.375. The van der Waals surface area contributed by atoms with Crippen molar-refractivity contribution >= 4 is 28.8 Å². The highest BCUT2D eigenvalue weighted by molar-refractivity contribution is 5.92. The summed E-state index contributed by atoms with van der Waals surface area (Å²) in [4.78, 5) is 36.1. The van der Waals surface area contributed by atoms with Crippen molar-refractivity contribution in [3.05, 3.63) is 48.8 Å². The molecule has 186 valence electrons. The number of anilines is 1. The highest BCUT2D eigenvalue weighted by atomic mass is 16.7. The lowest BCUT2D eigenvalue weighted by Crippen LogP contribution is -2.50. The first-order valence-corrected chi connectivity index (χ1v) is 11.4. The van der Waals surface area contributed by atoms with E-state index in [1.54, 1.807) is 61.5 Å². The van der Waals surface area contributed by atoms with Gasteiger partial charge in [-0.1, -0.05) is 0 Å². The second-order valence-corrected chi connectivity index (χ2v) is 8.87. The molecule has 0 bridgehead atoms. The van der Waals surface area contributed by atoms with Crippen molar-refractivity contribution in [1.29, 1.82) is 0 Å². The van der Waals surface area contributed by atoms with Gasteiger partial charge >= 0.3 is 12.1 Å². The molecule has 0 aliphatic carbocycles. The maximum atomic E-state index is 12.7. The van der Waals surface area contributed by atoms with Crippen LogP contribution in [-0.4, -0.2) is 82.1 Å². The summed E-state index contributed by atoms with van der Waals surface area (Å²) in [5, 5.41) is 17.8. The van der Waals surface area contributed by atoms with Gasteiger partial charge in [0.1, 0.15) is 17.3 Å². The molecule has 1 aliphatic rings. The van der Waals surface area contributed by atoms with Crippen LogP contribution in [0.2, 0.25) is 0 Å². The topological polar surface area (TPSA) is 121 Å². The molecule has 0 atom stereocenters. The number of nitrogens with one attached hydrogen (secondary N) is 2. The number of hydroxylamine groups is 2. The lowest BCUT2D eigenvalue weighted by atomic mass is 10.2. The van der Waals surface area contributed by atoms with Gasteiger partial charge in [0.05, 0.1) is 17.7 Å². The molecule has 3 heterocycles. The van der Waals surface area contributed by atoms with Crippen LogP contribution in [-0.2, 0) is 4.84 Å². The van der Waals surface area contributed by atoms with Gasteiger partial charge in [0.25, 0.3) is 0 Å². The van der Waals surface area contributed by atoms with Crippen molar-refractivity contribution in [1.82, 2.24) is 24.8 Å². The lowest BCUT2D eigenvalue weighted by Gasteiger charge is -2.34. The molecule has 3 N–H and O–H groups in total. The van der Waals surface area contributed by atoms with Crippen LogP contribution in [0, 0.1) is 0 Å². The molecule has 0 radical (unpaired) electrons. The van der Waals surface area contributed by atoms with Gasteiger partial charge < -0.3 is 20.1 Å². The van der Waals surface area contributed by atoms with Crippen LogP contribution in [0.3, 0.4) is 0 Å². The molecule has 3 aromatic rings. The number of aromatic nitrogens is 2. The van der Waals surface area contributed by atoms with E-state index in [0.717, 1.165) is 10.9 Å². The normalized spacial score (nSPS) is 14.7. The Morgan fingerprint density at radius 1 is 1.06 bits per heavy atom. The third-order valence-electron chi connectivity index (χ3n) is 5.42. The van der Waals surface area contributed by atoms with Gasteiger partial charge in [-0.05, 0) is 44.2 Å². The number of fused-ring (bicyclic) bond motifs is 1. The van der Waals surface area contributed by atoms with Crippen molar-refractivity contribution in [3.63, 3.8) is 0 Å². The summed E-state index contributed by atoms with van der Waals surface area (Å²) in [7, 11) is 1.58. The summed E-state index contributed by atoms with van der Waals surface area (Å²) >= 11 is 0. The quantitative estimate of drug-likeness (QED) is 0.494. The molecule has 1 saturated heterocycles. The van der Waals surface area contributed by atoms with Crippen LogP contribution in [0.15, 0.2) is 48.8 Å². The second kappa shape index (κ2) is 10.3. The molecule has 1 aromatic carbocycles. The van der Waals surface area contributed by atoms with E-state index < -0.39 is 5.60 Å². The van der Waals surface area contributed by atoms with Crippen LogP contribution in [0.1, 0.15) is 13.8 Å². The number of piperazine rings is 1. The highest BCUT2D eigenvalue weighted by Crippen LogP contribution is 2.27. The summed E-state index contributed by atoms with van der Waals surface area (Å²) in [6, 6.07) is 10.2. The number of aliphatic hydroxyl groups is 1. The third-order valence-corrected chi connectivity index (χ3v) is 5.42. The van der Waals surface area contributed by atoms with E-state index in [9.17, 15) is 14.7 Å². The predicted molar refractivity (Wildman–Crippen MR) is 131 cm³/mol. The Morgan fingerprint density at radius 3 is 2.51 bits per heavy atom. The monoisotopic (exact) mass is 482 g/mol. The minimum absolute atomic E-state index is 0.197. The molecule has 3 amide bonds. The van der Waals surface area contributed by atoms with E-state index in [4.69, 9.17) is 9.57 Å². The zero-order chi connectivity index (χ0) is 25.0. The van der Waals surface area contributed by atoms with Gasteiger partial charge in [-0.25, -0.2) is 14.6 Å². The van der Waals surface area contributed by atoms with Crippen LogP contribution in [0.5, 0.6) is 11.5 Å². The number of ether oxygens (including phenoxy) is 1. The highest BCUT2D eigenvalue weighted by Gasteiger charge is 2.24. The van der Waals surface area contributed by atoms with Gasteiger partial charge in [-0.2, -0.15) is 5.06 Å². The first-order valence-electron chi connectivity index (χ1n) is 11.4. The first kappa shape index (κ1) is 24.5. The largest absolute Gasteiger partial charge is 0.457 e. The molecule has 11 nitrogen and oxygen atoms in total. The molecule has 4 rings (SSSR count). The molecule has 2 aromatic heterocycles. The van der Waals surface area contributed by atoms with Crippen molar-refractivity contribution in [2.45, 2.75) is 19.4 Å². The van der Waals surface area contributed by atoms with E-state index in [1.807, 2.05) is 18.2 Å². The third kappa shape index (κ3) is 6.27. The molecule has 0 unspecified atom stereocenters. The average molecular weight is 483 g/mol. The molecule has 1 fully saturated rings. The summed E-state index contributed by atoms with van der Waals surface area (Å²) in [6.45, 7) is 5.64. The van der Waals surface area contributed by atoms with Crippen LogP contribution in [0.4, 0.5) is 15.4 Å². The number of carbonyl (C=O) groups is 2. The number of amides is 3. The molecule has 35 heavy (non-hydrogen) atoms. The standard InChI is InChI=1S/C24H30N6O5/c1-24(2,33)16-34-29-12-10-28(11-13-29)23(32)27-21-15-19(6-8-26-21)35-18-4-5-20-17(14-18)7-9-30(20)22(31)25-3/h4-9,14-15,33H,10-13,16H2,1-3H3,(H,25,31)(H,26,27,32). The van der Waals surface area contributed by atoms with Crippen molar-refractivity contribution in [2.24, 2.45) is 0 Å². The van der Waals surface area contributed by atoms with E-state index in [0.29, 0.717) is 43.5 Å². The van der Waals surface area contributed by atoms with Crippen LogP contribution in [0.25, 0.3) is 10.9 Å². The Balaban J connectivity index is 1.34. The number of rotatable bonds is 6. The number of benzene rings is 1. The molecule has 0 saturated carbocycles. The minimum atomic E-state index is -0.907. The molecule has 11 heteroatoms. The Bertz CT molecular complexity index is 1200. The van der Waals surface area contributed by atoms with E-state index in [1.165, 1.54) is 4.57 Å². The average Bonchev–Trinajstić information content (AvgIpc) is 3.25. The zero-order valence-electron chi connectivity index (χ0n) is 20.0. The molecular formula is C24H30N6O5. The van der Waals surface area contributed by atoms with Crippen LogP contribution < -0.4 is 15.4 Å². The number of urea groups is 1. The number of carbonyl (C=O) groups excluding carboxylic acids is 2. The van der Waals surface area contributed by atoms with E-state index in [2.05, 4.69) is 15.6 Å². The number of pyridine rings is 1. The maximum absolute atomic E-state index is 12.7. The molecular weight excluding hydrogens is 452 g/mol. The lowest BCUT2D eigenvalue weighted by molar-refractivity contribution is -0.204. The number of hydrogen-bond acceptors (Lipinski definition) is 7. The number of nitrogens with zero attached hydrogens (tertiary/aromatic N) is 4. The Kier molecular flexibility index (Phi) is 7.20. The molecule has 0 spiro atoms. The minimum Gasteiger partial charge on any atom is -0.457 e. The SMILES string of the molecule is CNC(=O)n1ccc2cc(Oc3ccnc(NC(=O)N4CCN(OCC(C)(C)O)CC4)c3)ccc21. The molecule has 1 aliphatic heterocycles. The van der Waals surface area contributed by atoms with Gasteiger partial charge in [0.15, 0.2) is 0 Å². The van der Waals surface area contributed by atoms with Gasteiger partial charge in [-0.3, -0.25) is 14.7 Å². The van der Waals surface area contributed by atoms with Gasteiger partial charge in [0, 0.05) is 57.1 Å². The zero-order valence-corrected chi connectivity index (χ0v) is 20.0. The summed E-state index contributed by atoms with van der Waals surface area (Å²) in [6.07, 6.45) is 3.26. The summed E-state index contributed by atoms with van der Waals surface area (Å²) in [5.74, 6) is 1.49. The Hall–Kier alpha value is -3.67. The Morgan fingerprint density at radius 2 is 1.80 bits per heavy atom. The van der Waals surface area contributed by atoms with E-state index >= 15 is 0 Å². The van der Waals surface area contributed by atoms with Gasteiger partial charge in [0.2, 0.25) is 0 Å². The maximum Gasteiger partial charge on any atom is 0.325 e. The van der Waals surface area contributed by atoms with Crippen molar-refractivity contribution < 1.29 is 24.3 Å². The first-order chi connectivity index (χ1) is 16.7. The van der Waals surface area contributed by atoms with Crippen molar-refractivity contribution in [2.75, 3.05) is 45.2 Å². The Labute approximate surface area is 203 Å². The number of hydrogen-bond donors (Lipinski definition) is 3. The van der Waals surface area contributed by atoms with Crippen LogP contribution >= 0.6 is 0 Å². The fourth-order valence-corrected chi connectivity index (χ4v) is 3.62. The summed E-state index contributed by atoms with van der Waals surface area (Å²) in [5.41, 5.74) is -0.139. The summed E-state index contributed by atoms with van der Waals surface area (Å²) < 4.78 is 7.49. The fourth-order valence-electron chi connectivity index (χ4n) is 3.62. The van der Waals surface area contributed by atoms with Crippen molar-refractivity contribution in [3.8, 4) is 11.5 Å². The predicted octanol–water partition coefficient (Wildman–Crippen LogP) is 2.87. The van der Waals surface area contributed by atoms with E-state index in [-0.39, 0.29) is 18.7 Å². The second-order valence-electron chi connectivity index (χ2n) is 8.87.